The van der Waals surface area contributed by atoms with Crippen molar-refractivity contribution in [1.82, 2.24) is 5.32 Å². The van der Waals surface area contributed by atoms with Gasteiger partial charge in [-0.3, -0.25) is 0 Å². The Labute approximate surface area is 113 Å². The van der Waals surface area contributed by atoms with E-state index in [1.165, 1.54) is 12.0 Å². The van der Waals surface area contributed by atoms with Gasteiger partial charge in [-0.1, -0.05) is 26.0 Å². The number of hydrogen-bond acceptors (Lipinski definition) is 4. The molecule has 0 radical (unpaired) electrons. The molecule has 0 heterocycles. The molecule has 0 aliphatic rings. The molecule has 1 N–H and O–H groups in total. The summed E-state index contributed by atoms with van der Waals surface area (Å²) in [4.78, 5) is 13.0. The minimum absolute atomic E-state index is 0.243. The summed E-state index contributed by atoms with van der Waals surface area (Å²) in [7, 11) is 1.42. The summed E-state index contributed by atoms with van der Waals surface area (Å²) in [6, 6.07) is 7.61. The summed E-state index contributed by atoms with van der Waals surface area (Å²) in [5.41, 5.74) is 0.945. The highest BCUT2D eigenvalue weighted by atomic mass is 32.2. The van der Waals surface area contributed by atoms with Gasteiger partial charge in [-0.05, 0) is 36.4 Å². The molecule has 3 nitrogen and oxygen atoms in total. The van der Waals surface area contributed by atoms with Crippen molar-refractivity contribution in [3.05, 3.63) is 29.8 Å². The van der Waals surface area contributed by atoms with Crippen molar-refractivity contribution >= 4 is 17.7 Å². The smallest absolute Gasteiger partial charge is 0.327 e. The fraction of sp³-hybridized carbons (Fsp3) is 0.500. The molecule has 0 bridgehead atoms. The zero-order chi connectivity index (χ0) is 13.5. The van der Waals surface area contributed by atoms with Crippen LogP contribution in [-0.4, -0.2) is 25.9 Å². The second-order valence-electron chi connectivity index (χ2n) is 4.53. The Balaban J connectivity index is 2.83. The molecule has 0 aromatic heterocycles. The van der Waals surface area contributed by atoms with E-state index in [2.05, 4.69) is 19.2 Å². The quantitative estimate of drug-likeness (QED) is 0.635. The van der Waals surface area contributed by atoms with E-state index in [-0.39, 0.29) is 12.0 Å². The Bertz CT molecular complexity index is 376. The van der Waals surface area contributed by atoms with E-state index < -0.39 is 0 Å². The van der Waals surface area contributed by atoms with E-state index in [1.54, 1.807) is 11.8 Å². The van der Waals surface area contributed by atoms with Gasteiger partial charge in [0.15, 0.2) is 0 Å². The van der Waals surface area contributed by atoms with Crippen molar-refractivity contribution in [1.29, 1.82) is 0 Å². The van der Waals surface area contributed by atoms with Crippen LogP contribution in [0.25, 0.3) is 0 Å². The normalized spacial score (nSPS) is 12.5. The van der Waals surface area contributed by atoms with E-state index in [1.807, 2.05) is 30.5 Å². The molecule has 1 rings (SSSR count). The average Bonchev–Trinajstić information content (AvgIpc) is 2.39. The number of methoxy groups -OCH3 is 1. The fourth-order valence-corrected chi connectivity index (χ4v) is 2.01. The molecule has 0 spiro atoms. The number of hydrogen-bond donors (Lipinski definition) is 1. The third kappa shape index (κ3) is 4.35. The van der Waals surface area contributed by atoms with Crippen LogP contribution in [0.1, 0.15) is 25.5 Å². The highest BCUT2D eigenvalue weighted by Gasteiger charge is 2.20. The maximum Gasteiger partial charge on any atom is 0.327 e. The van der Waals surface area contributed by atoms with Crippen LogP contribution < -0.4 is 5.32 Å². The molecule has 0 saturated heterocycles. The van der Waals surface area contributed by atoms with Crippen molar-refractivity contribution < 1.29 is 9.53 Å². The van der Waals surface area contributed by atoms with Gasteiger partial charge >= 0.3 is 5.97 Å². The molecule has 1 atom stereocenters. The largest absolute Gasteiger partial charge is 0.468 e. The third-order valence-electron chi connectivity index (χ3n) is 2.62. The predicted octanol–water partition coefficient (Wildman–Crippen LogP) is 2.87. The van der Waals surface area contributed by atoms with E-state index in [0.29, 0.717) is 5.92 Å². The lowest BCUT2D eigenvalue weighted by Crippen LogP contribution is -2.32. The van der Waals surface area contributed by atoms with Gasteiger partial charge in [0.1, 0.15) is 6.04 Å². The lowest BCUT2D eigenvalue weighted by Gasteiger charge is -2.18. The van der Waals surface area contributed by atoms with E-state index in [9.17, 15) is 4.79 Å². The lowest BCUT2D eigenvalue weighted by molar-refractivity contribution is -0.143. The second kappa shape index (κ2) is 7.44. The van der Waals surface area contributed by atoms with Crippen LogP contribution in [0.3, 0.4) is 0 Å². The molecule has 100 valence electrons. The van der Waals surface area contributed by atoms with Gasteiger partial charge in [-0.15, -0.1) is 11.8 Å². The monoisotopic (exact) mass is 267 g/mol. The average molecular weight is 267 g/mol. The molecule has 0 saturated carbocycles. The molecule has 0 fully saturated rings. The van der Waals surface area contributed by atoms with Gasteiger partial charge < -0.3 is 10.1 Å². The first-order valence-corrected chi connectivity index (χ1v) is 7.26. The SMILES string of the molecule is COC(=O)C(NCC(C)C)c1ccc(SC)cc1. The second-order valence-corrected chi connectivity index (χ2v) is 5.41. The fourth-order valence-electron chi connectivity index (χ4n) is 1.61. The van der Waals surface area contributed by atoms with Crippen molar-refractivity contribution in [2.24, 2.45) is 5.92 Å². The minimum Gasteiger partial charge on any atom is -0.468 e. The maximum atomic E-state index is 11.8. The van der Waals surface area contributed by atoms with Gasteiger partial charge in [-0.25, -0.2) is 4.79 Å². The third-order valence-corrected chi connectivity index (χ3v) is 3.36. The molecule has 18 heavy (non-hydrogen) atoms. The Hall–Kier alpha value is -1.00. The number of esters is 1. The van der Waals surface area contributed by atoms with Gasteiger partial charge in [0.05, 0.1) is 7.11 Å². The number of ether oxygens (including phenoxy) is 1. The van der Waals surface area contributed by atoms with Gasteiger partial charge in [0.25, 0.3) is 0 Å². The number of carbonyl (C=O) groups excluding carboxylic acids is 1. The summed E-state index contributed by atoms with van der Waals surface area (Å²) >= 11 is 1.69. The zero-order valence-corrected chi connectivity index (χ0v) is 12.2. The number of benzene rings is 1. The van der Waals surface area contributed by atoms with Crippen molar-refractivity contribution in [2.75, 3.05) is 19.9 Å². The Morgan fingerprint density at radius 2 is 1.94 bits per heavy atom. The lowest BCUT2D eigenvalue weighted by atomic mass is 10.1. The van der Waals surface area contributed by atoms with Crippen molar-refractivity contribution in [3.63, 3.8) is 0 Å². The van der Waals surface area contributed by atoms with Crippen LogP contribution in [0.5, 0.6) is 0 Å². The molecular formula is C14H21NO2S. The van der Waals surface area contributed by atoms with E-state index in [0.717, 1.165) is 12.1 Å². The first-order valence-electron chi connectivity index (χ1n) is 6.03. The van der Waals surface area contributed by atoms with Crippen LogP contribution in [0.4, 0.5) is 0 Å². The summed E-state index contributed by atoms with van der Waals surface area (Å²) < 4.78 is 4.85. The van der Waals surface area contributed by atoms with Crippen molar-refractivity contribution in [2.45, 2.75) is 24.8 Å². The summed E-state index contributed by atoms with van der Waals surface area (Å²) in [5, 5.41) is 3.24. The molecule has 1 aromatic rings. The Morgan fingerprint density at radius 1 is 1.33 bits per heavy atom. The Kier molecular flexibility index (Phi) is 6.22. The molecule has 0 aliphatic heterocycles. The molecular weight excluding hydrogens is 246 g/mol. The molecule has 0 aliphatic carbocycles. The van der Waals surface area contributed by atoms with Crippen molar-refractivity contribution in [3.8, 4) is 0 Å². The predicted molar refractivity (Wildman–Crippen MR) is 75.8 cm³/mol. The topological polar surface area (TPSA) is 38.3 Å². The number of thioether (sulfide) groups is 1. The van der Waals surface area contributed by atoms with Gasteiger partial charge in [-0.2, -0.15) is 0 Å². The van der Waals surface area contributed by atoms with Crippen LogP contribution >= 0.6 is 11.8 Å². The maximum absolute atomic E-state index is 11.8. The molecule has 4 heteroatoms. The molecule has 1 aromatic carbocycles. The highest BCUT2D eigenvalue weighted by Crippen LogP contribution is 2.20. The van der Waals surface area contributed by atoms with Crippen LogP contribution in [-0.2, 0) is 9.53 Å². The zero-order valence-electron chi connectivity index (χ0n) is 11.4. The summed E-state index contributed by atoms with van der Waals surface area (Å²) in [6.07, 6.45) is 2.03. The first kappa shape index (κ1) is 15.1. The van der Waals surface area contributed by atoms with E-state index in [4.69, 9.17) is 4.74 Å². The Morgan fingerprint density at radius 3 is 2.39 bits per heavy atom. The van der Waals surface area contributed by atoms with Crippen LogP contribution in [0.2, 0.25) is 0 Å². The number of carbonyl (C=O) groups is 1. The summed E-state index contributed by atoms with van der Waals surface area (Å²) in [5.74, 6) is 0.246. The molecule has 0 amide bonds. The highest BCUT2D eigenvalue weighted by molar-refractivity contribution is 7.98. The first-order chi connectivity index (χ1) is 8.58. The minimum atomic E-state index is -0.381. The van der Waals surface area contributed by atoms with Gasteiger partial charge in [0.2, 0.25) is 0 Å². The number of rotatable bonds is 6. The standard InChI is InChI=1S/C14H21NO2S/c1-10(2)9-15-13(14(16)17-3)11-5-7-12(18-4)8-6-11/h5-8,10,13,15H,9H2,1-4H3. The summed E-state index contributed by atoms with van der Waals surface area (Å²) in [6.45, 7) is 5.00. The number of nitrogens with one attached hydrogen (secondary N) is 1. The van der Waals surface area contributed by atoms with E-state index >= 15 is 0 Å². The van der Waals surface area contributed by atoms with Crippen LogP contribution in [0.15, 0.2) is 29.2 Å². The van der Waals surface area contributed by atoms with Crippen LogP contribution in [0, 0.1) is 5.92 Å². The van der Waals surface area contributed by atoms with Gasteiger partial charge in [0, 0.05) is 4.90 Å². The molecule has 1 unspecified atom stereocenters.